The van der Waals surface area contributed by atoms with Crippen molar-refractivity contribution in [2.75, 3.05) is 7.05 Å². The minimum absolute atomic E-state index is 0.0266. The number of thiocarbonyl (C=S) groups is 1. The first kappa shape index (κ1) is 19.0. The van der Waals surface area contributed by atoms with Gasteiger partial charge in [-0.25, -0.2) is 0 Å². The maximum Gasteiger partial charge on any atom is 0.276 e. The molecule has 9 heteroatoms. The fourth-order valence-electron chi connectivity index (χ4n) is 2.42. The summed E-state index contributed by atoms with van der Waals surface area (Å²) < 4.78 is 6.69. The van der Waals surface area contributed by atoms with E-state index in [1.165, 1.54) is 17.0 Å². The Morgan fingerprint density at radius 3 is 2.59 bits per heavy atom. The molecule has 27 heavy (non-hydrogen) atoms. The van der Waals surface area contributed by atoms with Gasteiger partial charge in [0.15, 0.2) is 5.11 Å². The van der Waals surface area contributed by atoms with Gasteiger partial charge in [-0.1, -0.05) is 15.9 Å². The Labute approximate surface area is 168 Å². The molecule has 0 atom stereocenters. The smallest absolute Gasteiger partial charge is 0.276 e. The van der Waals surface area contributed by atoms with Crippen molar-refractivity contribution in [2.24, 2.45) is 0 Å². The van der Waals surface area contributed by atoms with Gasteiger partial charge in [0.1, 0.15) is 18.1 Å². The number of hydrogen-bond acceptors (Lipinski definition) is 5. The van der Waals surface area contributed by atoms with Crippen LogP contribution in [0.1, 0.15) is 11.1 Å². The Morgan fingerprint density at radius 1 is 1.30 bits per heavy atom. The van der Waals surface area contributed by atoms with Crippen LogP contribution in [0.15, 0.2) is 52.6 Å². The normalized spacial score (nSPS) is 15.2. The summed E-state index contributed by atoms with van der Waals surface area (Å²) in [6.07, 6.45) is 1.67. The van der Waals surface area contributed by atoms with E-state index in [4.69, 9.17) is 17.0 Å². The molecule has 1 heterocycles. The number of rotatable bonds is 5. The van der Waals surface area contributed by atoms with Gasteiger partial charge in [-0.2, -0.15) is 0 Å². The number of nitrogens with one attached hydrogen (secondary N) is 1. The average Bonchev–Trinajstić information content (AvgIpc) is 2.88. The average molecular weight is 448 g/mol. The molecule has 0 aliphatic carbocycles. The fraction of sp³-hybridized carbons (Fsp3) is 0.111. The lowest BCUT2D eigenvalue weighted by Crippen LogP contribution is -2.25. The minimum atomic E-state index is -0.448. The zero-order valence-electron chi connectivity index (χ0n) is 14.1. The van der Waals surface area contributed by atoms with Crippen molar-refractivity contribution in [1.29, 1.82) is 0 Å². The third-order valence-corrected chi connectivity index (χ3v) is 4.76. The van der Waals surface area contributed by atoms with E-state index >= 15 is 0 Å². The standard InChI is InChI=1S/C18H14BrN3O4S/c1-21-17(23)15(20-18(21)27)9-12-8-13(19)4-7-16(12)26-10-11-2-5-14(6-3-11)22(24)25/h2-9H,10H2,1H3,(H,20,27)/b15-9-. The highest BCUT2D eigenvalue weighted by molar-refractivity contribution is 9.10. The highest BCUT2D eigenvalue weighted by Crippen LogP contribution is 2.27. The van der Waals surface area contributed by atoms with Crippen molar-refractivity contribution in [1.82, 2.24) is 10.2 Å². The molecule has 0 aromatic heterocycles. The van der Waals surface area contributed by atoms with Crippen LogP contribution in [0.4, 0.5) is 5.69 Å². The van der Waals surface area contributed by atoms with Crippen molar-refractivity contribution in [3.63, 3.8) is 0 Å². The maximum absolute atomic E-state index is 12.2. The number of amides is 1. The molecule has 0 saturated carbocycles. The van der Waals surface area contributed by atoms with E-state index in [0.29, 0.717) is 22.1 Å². The molecule has 1 saturated heterocycles. The Balaban J connectivity index is 1.81. The molecule has 1 N–H and O–H groups in total. The molecule has 138 valence electrons. The number of nitrogens with zero attached hydrogens (tertiary/aromatic N) is 2. The van der Waals surface area contributed by atoms with Crippen molar-refractivity contribution < 1.29 is 14.5 Å². The largest absolute Gasteiger partial charge is 0.488 e. The van der Waals surface area contributed by atoms with Crippen LogP contribution in [-0.2, 0) is 11.4 Å². The number of nitro groups is 1. The topological polar surface area (TPSA) is 84.7 Å². The number of ether oxygens (including phenoxy) is 1. The molecule has 0 bridgehead atoms. The van der Waals surface area contributed by atoms with E-state index in [1.807, 2.05) is 12.1 Å². The van der Waals surface area contributed by atoms with Crippen molar-refractivity contribution in [3.8, 4) is 5.75 Å². The summed E-state index contributed by atoms with van der Waals surface area (Å²) in [7, 11) is 1.60. The summed E-state index contributed by atoms with van der Waals surface area (Å²) in [5.74, 6) is 0.348. The van der Waals surface area contributed by atoms with Crippen molar-refractivity contribution >= 4 is 50.9 Å². The summed E-state index contributed by atoms with van der Waals surface area (Å²) in [4.78, 5) is 23.8. The van der Waals surface area contributed by atoms with Gasteiger partial charge in [-0.15, -0.1) is 0 Å². The lowest BCUT2D eigenvalue weighted by atomic mass is 10.1. The zero-order chi connectivity index (χ0) is 19.6. The summed E-state index contributed by atoms with van der Waals surface area (Å²) in [6.45, 7) is 0.232. The molecule has 1 aliphatic heterocycles. The van der Waals surface area contributed by atoms with Crippen LogP contribution in [0.25, 0.3) is 6.08 Å². The zero-order valence-corrected chi connectivity index (χ0v) is 16.5. The Bertz CT molecular complexity index is 960. The van der Waals surface area contributed by atoms with Crippen molar-refractivity contribution in [2.45, 2.75) is 6.61 Å². The molecule has 1 amide bonds. The van der Waals surface area contributed by atoms with Crippen LogP contribution in [0, 0.1) is 10.1 Å². The molecule has 0 spiro atoms. The van der Waals surface area contributed by atoms with Crippen LogP contribution in [0.2, 0.25) is 0 Å². The lowest BCUT2D eigenvalue weighted by molar-refractivity contribution is -0.384. The first-order valence-electron chi connectivity index (χ1n) is 7.81. The molecule has 0 radical (unpaired) electrons. The second-order valence-electron chi connectivity index (χ2n) is 5.75. The van der Waals surface area contributed by atoms with Gasteiger partial charge in [0.05, 0.1) is 4.92 Å². The van der Waals surface area contributed by atoms with E-state index in [2.05, 4.69) is 21.2 Å². The molecule has 7 nitrogen and oxygen atoms in total. The third kappa shape index (κ3) is 4.32. The van der Waals surface area contributed by atoms with Crippen LogP contribution in [0.3, 0.4) is 0 Å². The number of halogens is 1. The van der Waals surface area contributed by atoms with E-state index in [0.717, 1.165) is 10.0 Å². The lowest BCUT2D eigenvalue weighted by Gasteiger charge is -2.10. The number of carbonyl (C=O) groups excluding carboxylic acids is 1. The van der Waals surface area contributed by atoms with Gasteiger partial charge in [0, 0.05) is 29.2 Å². The van der Waals surface area contributed by atoms with Gasteiger partial charge in [-0.05, 0) is 54.2 Å². The second kappa shape index (κ2) is 7.85. The monoisotopic (exact) mass is 447 g/mol. The molecular formula is C18H14BrN3O4S. The number of likely N-dealkylation sites (N-methyl/N-ethyl adjacent to an activating group) is 1. The van der Waals surface area contributed by atoms with E-state index in [1.54, 1.807) is 31.3 Å². The van der Waals surface area contributed by atoms with Gasteiger partial charge >= 0.3 is 0 Å². The number of benzene rings is 2. The number of carbonyl (C=O) groups is 1. The van der Waals surface area contributed by atoms with Crippen LogP contribution < -0.4 is 10.1 Å². The number of hydrogen-bond donors (Lipinski definition) is 1. The van der Waals surface area contributed by atoms with Gasteiger partial charge in [0.25, 0.3) is 11.6 Å². The van der Waals surface area contributed by atoms with Crippen molar-refractivity contribution in [3.05, 3.63) is 73.9 Å². The molecule has 1 aliphatic rings. The Hall–Kier alpha value is -2.78. The van der Waals surface area contributed by atoms with E-state index in [9.17, 15) is 14.9 Å². The summed E-state index contributed by atoms with van der Waals surface area (Å²) in [6, 6.07) is 11.6. The van der Waals surface area contributed by atoms with Crippen LogP contribution in [-0.4, -0.2) is 27.9 Å². The maximum atomic E-state index is 12.2. The first-order chi connectivity index (χ1) is 12.8. The van der Waals surface area contributed by atoms with Gasteiger partial charge in [-0.3, -0.25) is 19.8 Å². The number of non-ortho nitro benzene ring substituents is 1. The summed E-state index contributed by atoms with van der Waals surface area (Å²) >= 11 is 8.49. The SMILES string of the molecule is CN1C(=O)/C(=C/c2cc(Br)ccc2OCc2ccc([N+](=O)[O-])cc2)NC1=S. The summed E-state index contributed by atoms with van der Waals surface area (Å²) in [5, 5.41) is 13.9. The Kier molecular flexibility index (Phi) is 5.52. The second-order valence-corrected chi connectivity index (χ2v) is 7.05. The Morgan fingerprint density at radius 2 is 2.00 bits per heavy atom. The predicted octanol–water partition coefficient (Wildman–Crippen LogP) is 3.62. The summed E-state index contributed by atoms with van der Waals surface area (Å²) in [5.41, 5.74) is 1.87. The molecule has 2 aromatic carbocycles. The van der Waals surface area contributed by atoms with E-state index in [-0.39, 0.29) is 18.2 Å². The van der Waals surface area contributed by atoms with Gasteiger partial charge < -0.3 is 10.1 Å². The number of nitro benzene ring substituents is 1. The van der Waals surface area contributed by atoms with Crippen LogP contribution in [0.5, 0.6) is 5.75 Å². The highest BCUT2D eigenvalue weighted by atomic mass is 79.9. The van der Waals surface area contributed by atoms with Gasteiger partial charge in [0.2, 0.25) is 0 Å². The quantitative estimate of drug-likeness (QED) is 0.326. The first-order valence-corrected chi connectivity index (χ1v) is 9.01. The molecule has 2 aromatic rings. The third-order valence-electron chi connectivity index (χ3n) is 3.89. The van der Waals surface area contributed by atoms with Crippen LogP contribution >= 0.6 is 28.1 Å². The fourth-order valence-corrected chi connectivity index (χ4v) is 2.99. The van der Waals surface area contributed by atoms with E-state index < -0.39 is 4.92 Å². The minimum Gasteiger partial charge on any atom is -0.488 e. The molecule has 0 unspecified atom stereocenters. The molecular weight excluding hydrogens is 434 g/mol. The predicted molar refractivity (Wildman–Crippen MR) is 108 cm³/mol. The molecule has 3 rings (SSSR count). The highest BCUT2D eigenvalue weighted by Gasteiger charge is 2.27. The molecule has 1 fully saturated rings.